The molecule has 2 aromatic heterocycles. The molecule has 0 fully saturated rings. The van der Waals surface area contributed by atoms with Gasteiger partial charge in [-0.1, -0.05) is 28.9 Å². The maximum absolute atomic E-state index is 12.9. The molecule has 2 heterocycles. The maximum atomic E-state index is 12.9. The molecule has 0 atom stereocenters. The Kier molecular flexibility index (Phi) is 5.46. The summed E-state index contributed by atoms with van der Waals surface area (Å²) >= 11 is 5.87. The highest BCUT2D eigenvalue weighted by Crippen LogP contribution is 2.20. The Balaban J connectivity index is 1.86. The molecule has 0 unspecified atom stereocenters. The van der Waals surface area contributed by atoms with Gasteiger partial charge in [-0.2, -0.15) is 4.98 Å². The van der Waals surface area contributed by atoms with Gasteiger partial charge in [0.2, 0.25) is 11.7 Å². The minimum absolute atomic E-state index is 0.0387. The molecule has 0 aliphatic carbocycles. The van der Waals surface area contributed by atoms with Gasteiger partial charge in [-0.25, -0.2) is 14.5 Å². The van der Waals surface area contributed by atoms with E-state index in [0.717, 1.165) is 0 Å². The Labute approximate surface area is 171 Å². The Morgan fingerprint density at radius 3 is 2.62 bits per heavy atom. The molecule has 0 bridgehead atoms. The summed E-state index contributed by atoms with van der Waals surface area (Å²) in [6.07, 6.45) is 0.706. The minimum Gasteiger partial charge on any atom is -0.444 e. The lowest BCUT2D eigenvalue weighted by Crippen LogP contribution is -2.27. The second-order valence-electron chi connectivity index (χ2n) is 6.96. The van der Waals surface area contributed by atoms with Crippen molar-refractivity contribution in [3.8, 4) is 5.82 Å². The zero-order valence-electron chi connectivity index (χ0n) is 15.9. The molecule has 10 nitrogen and oxygen atoms in total. The Morgan fingerprint density at radius 1 is 1.21 bits per heavy atom. The molecule has 1 amide bonds. The largest absolute Gasteiger partial charge is 0.444 e. The Hall–Kier alpha value is -3.53. The van der Waals surface area contributed by atoms with E-state index in [-0.39, 0.29) is 33.9 Å². The third-order valence-corrected chi connectivity index (χ3v) is 3.66. The first kappa shape index (κ1) is 20.2. The van der Waals surface area contributed by atoms with E-state index in [4.69, 9.17) is 22.1 Å². The summed E-state index contributed by atoms with van der Waals surface area (Å²) < 4.78 is 6.49. The highest BCUT2D eigenvalue weighted by atomic mass is 35.5. The van der Waals surface area contributed by atoms with Crippen LogP contribution >= 0.6 is 11.6 Å². The molecular formula is C18H18ClN7O3. The van der Waals surface area contributed by atoms with Gasteiger partial charge in [0.1, 0.15) is 10.8 Å². The van der Waals surface area contributed by atoms with E-state index in [0.29, 0.717) is 0 Å². The van der Waals surface area contributed by atoms with Crippen LogP contribution in [0.4, 0.5) is 16.4 Å². The van der Waals surface area contributed by atoms with Gasteiger partial charge in [-0.05, 0) is 32.9 Å². The van der Waals surface area contributed by atoms with Crippen LogP contribution in [0.3, 0.4) is 0 Å². The fourth-order valence-electron chi connectivity index (χ4n) is 2.36. The van der Waals surface area contributed by atoms with Crippen molar-refractivity contribution >= 4 is 35.1 Å². The van der Waals surface area contributed by atoms with Crippen molar-refractivity contribution in [3.05, 3.63) is 52.9 Å². The van der Waals surface area contributed by atoms with Gasteiger partial charge in [0.25, 0.3) is 0 Å². The van der Waals surface area contributed by atoms with Gasteiger partial charge < -0.3 is 10.5 Å². The van der Waals surface area contributed by atoms with Crippen molar-refractivity contribution in [2.45, 2.75) is 26.4 Å². The number of ketones is 1. The fraction of sp³-hybridized carbons (Fsp3) is 0.222. The SMILES string of the molecule is CC(C)(C)OC(=O)Nc1ccccc1C(=O)c1cn(-c2cc(Cl)nc(N)n2)nn1. The number of aromatic nitrogens is 5. The third-order valence-electron chi connectivity index (χ3n) is 3.47. The second-order valence-corrected chi connectivity index (χ2v) is 7.34. The summed E-state index contributed by atoms with van der Waals surface area (Å²) in [5, 5.41) is 10.5. The number of benzene rings is 1. The number of amides is 1. The van der Waals surface area contributed by atoms with Gasteiger partial charge >= 0.3 is 6.09 Å². The number of carbonyl (C=O) groups is 2. The highest BCUT2D eigenvalue weighted by Gasteiger charge is 2.21. The number of para-hydroxylation sites is 1. The van der Waals surface area contributed by atoms with Gasteiger partial charge in [-0.3, -0.25) is 10.1 Å². The maximum Gasteiger partial charge on any atom is 0.412 e. The van der Waals surface area contributed by atoms with Crippen LogP contribution in [-0.2, 0) is 4.74 Å². The molecule has 29 heavy (non-hydrogen) atoms. The standard InChI is InChI=1S/C18H18ClN7O3/c1-18(2,3)29-17(28)21-11-7-5-4-6-10(11)15(27)12-9-26(25-24-12)14-8-13(19)22-16(20)23-14/h4-9H,1-3H3,(H,21,28)(H2,20,22,23). The summed E-state index contributed by atoms with van der Waals surface area (Å²) in [5.74, 6) is -0.229. The quantitative estimate of drug-likeness (QED) is 0.490. The van der Waals surface area contributed by atoms with Crippen LogP contribution in [0.5, 0.6) is 0 Å². The van der Waals surface area contributed by atoms with E-state index in [9.17, 15) is 9.59 Å². The number of nitrogen functional groups attached to an aromatic ring is 1. The minimum atomic E-state index is -0.674. The van der Waals surface area contributed by atoms with E-state index >= 15 is 0 Å². The number of ether oxygens (including phenoxy) is 1. The molecule has 11 heteroatoms. The topological polar surface area (TPSA) is 138 Å². The second kappa shape index (κ2) is 7.84. The van der Waals surface area contributed by atoms with Crippen molar-refractivity contribution < 1.29 is 14.3 Å². The molecule has 0 aliphatic rings. The molecule has 3 N–H and O–H groups in total. The van der Waals surface area contributed by atoms with Crippen molar-refractivity contribution in [1.82, 2.24) is 25.0 Å². The summed E-state index contributed by atoms with van der Waals surface area (Å²) in [6.45, 7) is 5.23. The summed E-state index contributed by atoms with van der Waals surface area (Å²) in [7, 11) is 0. The molecule has 0 radical (unpaired) electrons. The molecule has 1 aromatic carbocycles. The zero-order valence-corrected chi connectivity index (χ0v) is 16.6. The first-order chi connectivity index (χ1) is 13.6. The van der Waals surface area contributed by atoms with Crippen LogP contribution in [-0.4, -0.2) is 42.4 Å². The van der Waals surface area contributed by atoms with Gasteiger partial charge in [0.15, 0.2) is 11.5 Å². The predicted octanol–water partition coefficient (Wildman–Crippen LogP) is 2.87. The Morgan fingerprint density at radius 2 is 1.93 bits per heavy atom. The first-order valence-corrected chi connectivity index (χ1v) is 8.87. The van der Waals surface area contributed by atoms with Crippen molar-refractivity contribution in [2.24, 2.45) is 0 Å². The van der Waals surface area contributed by atoms with E-state index in [1.807, 2.05) is 0 Å². The number of halogens is 1. The van der Waals surface area contributed by atoms with Crippen molar-refractivity contribution in [2.75, 3.05) is 11.1 Å². The first-order valence-electron chi connectivity index (χ1n) is 8.49. The lowest BCUT2D eigenvalue weighted by atomic mass is 10.1. The smallest absolute Gasteiger partial charge is 0.412 e. The molecule has 0 spiro atoms. The zero-order chi connectivity index (χ0) is 21.2. The molecule has 0 saturated heterocycles. The van der Waals surface area contributed by atoms with E-state index in [2.05, 4.69) is 25.6 Å². The van der Waals surface area contributed by atoms with Gasteiger partial charge in [0, 0.05) is 11.6 Å². The van der Waals surface area contributed by atoms with Crippen LogP contribution in [0.1, 0.15) is 36.8 Å². The average Bonchev–Trinajstić information content (AvgIpc) is 3.09. The summed E-state index contributed by atoms with van der Waals surface area (Å²) in [5.41, 5.74) is 5.46. The van der Waals surface area contributed by atoms with Crippen molar-refractivity contribution in [1.29, 1.82) is 0 Å². The predicted molar refractivity (Wildman–Crippen MR) is 106 cm³/mol. The molecule has 0 aliphatic heterocycles. The number of nitrogens with zero attached hydrogens (tertiary/aromatic N) is 5. The number of nitrogens with two attached hydrogens (primary N) is 1. The number of carbonyl (C=O) groups excluding carboxylic acids is 2. The van der Waals surface area contributed by atoms with Crippen LogP contribution in [0.2, 0.25) is 5.15 Å². The number of hydrogen-bond acceptors (Lipinski definition) is 8. The van der Waals surface area contributed by atoms with Crippen LogP contribution in [0.25, 0.3) is 5.82 Å². The third kappa shape index (κ3) is 5.05. The van der Waals surface area contributed by atoms with Crippen molar-refractivity contribution in [3.63, 3.8) is 0 Å². The average molecular weight is 416 g/mol. The lowest BCUT2D eigenvalue weighted by molar-refractivity contribution is 0.0636. The molecular weight excluding hydrogens is 398 g/mol. The Bertz CT molecular complexity index is 1060. The van der Waals surface area contributed by atoms with Crippen LogP contribution in [0, 0.1) is 0 Å². The normalized spacial score (nSPS) is 11.2. The molecule has 3 aromatic rings. The van der Waals surface area contributed by atoms with Gasteiger partial charge in [-0.15, -0.1) is 5.10 Å². The molecule has 0 saturated carbocycles. The number of nitrogens with one attached hydrogen (secondary N) is 1. The fourth-order valence-corrected chi connectivity index (χ4v) is 2.55. The van der Waals surface area contributed by atoms with Crippen LogP contribution < -0.4 is 11.1 Å². The monoisotopic (exact) mass is 415 g/mol. The van der Waals surface area contributed by atoms with E-state index in [1.165, 1.54) is 16.9 Å². The molecule has 3 rings (SSSR count). The van der Waals surface area contributed by atoms with Gasteiger partial charge in [0.05, 0.1) is 11.9 Å². The summed E-state index contributed by atoms with van der Waals surface area (Å²) in [6, 6.07) is 7.94. The highest BCUT2D eigenvalue weighted by molar-refractivity contribution is 6.29. The number of rotatable bonds is 4. The summed E-state index contributed by atoms with van der Waals surface area (Å²) in [4.78, 5) is 32.8. The van der Waals surface area contributed by atoms with E-state index in [1.54, 1.807) is 45.0 Å². The van der Waals surface area contributed by atoms with Crippen LogP contribution in [0.15, 0.2) is 36.5 Å². The van der Waals surface area contributed by atoms with E-state index < -0.39 is 17.5 Å². The number of anilines is 2. The molecule has 150 valence electrons. The number of hydrogen-bond donors (Lipinski definition) is 2. The lowest BCUT2D eigenvalue weighted by Gasteiger charge is -2.20.